The Kier molecular flexibility index (Phi) is 4.13. The van der Waals surface area contributed by atoms with Gasteiger partial charge in [0.15, 0.2) is 11.4 Å². The van der Waals surface area contributed by atoms with E-state index >= 15 is 0 Å². The van der Waals surface area contributed by atoms with Crippen LogP contribution in [0.4, 0.5) is 4.79 Å². The lowest BCUT2D eigenvalue weighted by Gasteiger charge is -2.25. The lowest BCUT2D eigenvalue weighted by molar-refractivity contribution is 0.0784. The molecule has 1 aromatic heterocycles. The van der Waals surface area contributed by atoms with Gasteiger partial charge in [-0.25, -0.2) is 13.2 Å². The molecular formula is C12H12BrN4O6S-. The molecule has 0 saturated carbocycles. The normalized spacial score (nSPS) is 25.2. The van der Waals surface area contributed by atoms with Crippen molar-refractivity contribution in [3.8, 4) is 0 Å². The number of amidine groups is 1. The van der Waals surface area contributed by atoms with Gasteiger partial charge in [0, 0.05) is 18.5 Å². The van der Waals surface area contributed by atoms with Crippen molar-refractivity contribution in [1.82, 2.24) is 15.6 Å². The molecule has 1 saturated heterocycles. The average molecular weight is 420 g/mol. The van der Waals surface area contributed by atoms with Crippen molar-refractivity contribution in [2.45, 2.75) is 12.0 Å². The van der Waals surface area contributed by atoms with Crippen molar-refractivity contribution >= 4 is 43.9 Å². The molecule has 2 aliphatic heterocycles. The number of aliphatic imine (C=N–C) groups is 1. The molecule has 24 heavy (non-hydrogen) atoms. The summed E-state index contributed by atoms with van der Waals surface area (Å²) >= 11 is 3.23. The molecule has 3 heterocycles. The van der Waals surface area contributed by atoms with Crippen LogP contribution >= 0.6 is 15.9 Å². The largest absolute Gasteiger partial charge is 0.748 e. The fourth-order valence-corrected chi connectivity index (χ4v) is 3.45. The maximum absolute atomic E-state index is 12.1. The van der Waals surface area contributed by atoms with Gasteiger partial charge in [-0.3, -0.25) is 15.1 Å². The number of carbonyl (C=O) groups is 2. The minimum Gasteiger partial charge on any atom is -0.748 e. The third-order valence-corrected chi connectivity index (χ3v) is 4.80. The maximum atomic E-state index is 12.1. The molecule has 1 unspecified atom stereocenters. The third kappa shape index (κ3) is 3.03. The SMILES string of the molecule is O=C1NC(=NCCS(=O)(=O)[O-])C2(CCNC(=O)c3[nH]c(Br)cc32)O1. The zero-order valence-corrected chi connectivity index (χ0v) is 14.5. The van der Waals surface area contributed by atoms with E-state index in [-0.39, 0.29) is 36.9 Å². The monoisotopic (exact) mass is 419 g/mol. The number of nitrogens with zero attached hydrogens (tertiary/aromatic N) is 1. The minimum absolute atomic E-state index is 0.0698. The number of alkyl carbamates (subject to hydrolysis) is 1. The first-order valence-corrected chi connectivity index (χ1v) is 9.24. The smallest absolute Gasteiger partial charge is 0.414 e. The first kappa shape index (κ1) is 16.9. The Bertz CT molecular complexity index is 848. The Hall–Kier alpha value is -1.92. The van der Waals surface area contributed by atoms with E-state index in [1.54, 1.807) is 6.07 Å². The van der Waals surface area contributed by atoms with E-state index in [4.69, 9.17) is 4.74 Å². The summed E-state index contributed by atoms with van der Waals surface area (Å²) in [6, 6.07) is 1.60. The van der Waals surface area contributed by atoms with Crippen LogP contribution < -0.4 is 10.6 Å². The Morgan fingerprint density at radius 2 is 2.17 bits per heavy atom. The van der Waals surface area contributed by atoms with Gasteiger partial charge >= 0.3 is 6.09 Å². The molecule has 0 aromatic carbocycles. The fourth-order valence-electron chi connectivity index (χ4n) is 2.71. The molecule has 1 aromatic rings. The van der Waals surface area contributed by atoms with Crippen LogP contribution in [0.2, 0.25) is 0 Å². The van der Waals surface area contributed by atoms with Gasteiger partial charge in [0.2, 0.25) is 0 Å². The number of ether oxygens (including phenoxy) is 1. The molecule has 1 spiro atoms. The van der Waals surface area contributed by atoms with E-state index in [1.165, 1.54) is 0 Å². The standard InChI is InChI=1S/C12H13BrN4O6S/c13-7-5-6-8(16-7)9(18)14-2-1-12(6)10(17-11(19)23-12)15-3-4-24(20,21)22/h5,16H,1-4H2,(H,14,18)(H,15,17,19)(H,20,21,22)/p-1. The predicted molar refractivity (Wildman–Crippen MR) is 83.6 cm³/mol. The summed E-state index contributed by atoms with van der Waals surface area (Å²) in [5, 5.41) is 5.09. The molecule has 1 atom stereocenters. The molecule has 2 amide bonds. The number of aromatic amines is 1. The highest BCUT2D eigenvalue weighted by Crippen LogP contribution is 2.39. The molecule has 0 radical (unpaired) electrons. The van der Waals surface area contributed by atoms with Crippen LogP contribution in [0.3, 0.4) is 0 Å². The van der Waals surface area contributed by atoms with E-state index in [9.17, 15) is 22.6 Å². The fraction of sp³-hybridized carbons (Fsp3) is 0.417. The molecule has 130 valence electrons. The van der Waals surface area contributed by atoms with Crippen LogP contribution in [0.5, 0.6) is 0 Å². The quantitative estimate of drug-likeness (QED) is 0.576. The van der Waals surface area contributed by atoms with Gasteiger partial charge in [-0.15, -0.1) is 0 Å². The zero-order valence-electron chi connectivity index (χ0n) is 12.1. The van der Waals surface area contributed by atoms with Crippen LogP contribution in [0.25, 0.3) is 0 Å². The van der Waals surface area contributed by atoms with Crippen LogP contribution in [0.1, 0.15) is 22.5 Å². The van der Waals surface area contributed by atoms with Gasteiger partial charge in [-0.1, -0.05) is 0 Å². The predicted octanol–water partition coefficient (Wildman–Crippen LogP) is -0.210. The number of H-pyrrole nitrogens is 1. The summed E-state index contributed by atoms with van der Waals surface area (Å²) in [4.78, 5) is 30.7. The number of fused-ring (bicyclic) bond motifs is 2. The van der Waals surface area contributed by atoms with Gasteiger partial charge in [-0.05, 0) is 22.0 Å². The summed E-state index contributed by atoms with van der Waals surface area (Å²) in [5.41, 5.74) is -0.743. The van der Waals surface area contributed by atoms with E-state index in [1.807, 2.05) is 0 Å². The number of amides is 2. The van der Waals surface area contributed by atoms with Gasteiger partial charge in [0.05, 0.1) is 27.0 Å². The van der Waals surface area contributed by atoms with Crippen molar-refractivity contribution in [1.29, 1.82) is 0 Å². The summed E-state index contributed by atoms with van der Waals surface area (Å²) in [6.45, 7) is -0.109. The van der Waals surface area contributed by atoms with E-state index < -0.39 is 27.6 Å². The first-order chi connectivity index (χ1) is 11.2. The van der Waals surface area contributed by atoms with Crippen molar-refractivity contribution < 1.29 is 27.3 Å². The number of nitrogens with one attached hydrogen (secondary N) is 3. The van der Waals surface area contributed by atoms with Crippen molar-refractivity contribution in [3.05, 3.63) is 21.9 Å². The Morgan fingerprint density at radius 3 is 2.88 bits per heavy atom. The van der Waals surface area contributed by atoms with Crippen molar-refractivity contribution in [2.75, 3.05) is 18.8 Å². The Balaban J connectivity index is 2.05. The number of halogens is 1. The van der Waals surface area contributed by atoms with Crippen LogP contribution in [0.15, 0.2) is 15.7 Å². The number of aromatic nitrogens is 1. The van der Waals surface area contributed by atoms with E-state index in [0.717, 1.165) is 0 Å². The summed E-state index contributed by atoms with van der Waals surface area (Å²) in [6.07, 6.45) is -0.561. The third-order valence-electron chi connectivity index (χ3n) is 3.69. The van der Waals surface area contributed by atoms with E-state index in [2.05, 4.69) is 36.5 Å². The van der Waals surface area contributed by atoms with Gasteiger partial charge < -0.3 is 19.6 Å². The second-order valence-electron chi connectivity index (χ2n) is 5.25. The summed E-state index contributed by atoms with van der Waals surface area (Å²) in [7, 11) is -4.43. The molecule has 0 aliphatic carbocycles. The van der Waals surface area contributed by atoms with Crippen LogP contribution in [-0.2, 0) is 20.5 Å². The zero-order chi connectivity index (χ0) is 17.5. The molecule has 3 N–H and O–H groups in total. The number of hydrogen-bond donors (Lipinski definition) is 3. The number of hydrogen-bond acceptors (Lipinski definition) is 7. The lowest BCUT2D eigenvalue weighted by Crippen LogP contribution is -2.38. The maximum Gasteiger partial charge on any atom is 0.414 e. The summed E-state index contributed by atoms with van der Waals surface area (Å²) < 4.78 is 38.1. The molecule has 12 heteroatoms. The Labute approximate surface area is 144 Å². The number of carbonyl (C=O) groups excluding carboxylic acids is 2. The molecule has 0 bridgehead atoms. The molecular weight excluding hydrogens is 408 g/mol. The van der Waals surface area contributed by atoms with Crippen molar-refractivity contribution in [2.24, 2.45) is 4.99 Å². The van der Waals surface area contributed by atoms with Gasteiger partial charge in [0.1, 0.15) is 5.69 Å². The minimum atomic E-state index is -4.43. The second kappa shape index (κ2) is 5.86. The van der Waals surface area contributed by atoms with E-state index in [0.29, 0.717) is 10.2 Å². The molecule has 3 rings (SSSR count). The molecule has 1 fully saturated rings. The average Bonchev–Trinajstić information content (AvgIpc) is 2.96. The van der Waals surface area contributed by atoms with Crippen molar-refractivity contribution in [3.63, 3.8) is 0 Å². The highest BCUT2D eigenvalue weighted by atomic mass is 79.9. The molecule has 2 aliphatic rings. The second-order valence-corrected chi connectivity index (χ2v) is 7.62. The highest BCUT2D eigenvalue weighted by Gasteiger charge is 2.51. The lowest BCUT2D eigenvalue weighted by atomic mass is 9.90. The highest BCUT2D eigenvalue weighted by molar-refractivity contribution is 9.10. The van der Waals surface area contributed by atoms with Crippen LogP contribution in [-0.4, -0.2) is 54.6 Å². The molecule has 10 nitrogen and oxygen atoms in total. The van der Waals surface area contributed by atoms with Gasteiger partial charge in [0.25, 0.3) is 5.91 Å². The first-order valence-electron chi connectivity index (χ1n) is 6.87. The summed E-state index contributed by atoms with van der Waals surface area (Å²) in [5.74, 6) is -0.999. The van der Waals surface area contributed by atoms with Gasteiger partial charge in [-0.2, -0.15) is 0 Å². The van der Waals surface area contributed by atoms with Crippen LogP contribution in [0, 0.1) is 0 Å². The number of rotatable bonds is 3. The topological polar surface area (TPSA) is 153 Å². The Morgan fingerprint density at radius 1 is 1.42 bits per heavy atom.